The molecular formula is C22H23N3O2. The normalized spacial score (nSPS) is 11.7. The lowest BCUT2D eigenvalue weighted by atomic mass is 10.0. The van der Waals surface area contributed by atoms with E-state index in [1.807, 2.05) is 60.7 Å². The average molecular weight is 361 g/mol. The van der Waals surface area contributed by atoms with E-state index >= 15 is 0 Å². The first-order chi connectivity index (χ1) is 13.1. The number of pyridine rings is 1. The van der Waals surface area contributed by atoms with Crippen molar-refractivity contribution in [3.63, 3.8) is 0 Å². The van der Waals surface area contributed by atoms with Gasteiger partial charge in [-0.1, -0.05) is 54.6 Å². The molecule has 0 aliphatic rings. The first-order valence-corrected chi connectivity index (χ1v) is 9.05. The minimum atomic E-state index is -0.331. The van der Waals surface area contributed by atoms with E-state index in [1.165, 1.54) is 6.92 Å². The number of nitrogens with zero attached hydrogens (tertiary/aromatic N) is 1. The molecule has 1 aromatic heterocycles. The number of benzene rings is 2. The second-order valence-corrected chi connectivity index (χ2v) is 6.46. The Hall–Kier alpha value is -3.21. The van der Waals surface area contributed by atoms with Gasteiger partial charge in [0.15, 0.2) is 0 Å². The Bertz CT molecular complexity index is 920. The Morgan fingerprint density at radius 1 is 1.00 bits per heavy atom. The first kappa shape index (κ1) is 18.6. The van der Waals surface area contributed by atoms with E-state index in [4.69, 9.17) is 0 Å². The average Bonchev–Trinajstić information content (AvgIpc) is 2.68. The highest BCUT2D eigenvalue weighted by Gasteiger charge is 2.16. The predicted molar refractivity (Wildman–Crippen MR) is 106 cm³/mol. The third kappa shape index (κ3) is 5.14. The van der Waals surface area contributed by atoms with E-state index in [9.17, 15) is 9.59 Å². The van der Waals surface area contributed by atoms with E-state index in [0.29, 0.717) is 13.0 Å². The summed E-state index contributed by atoms with van der Waals surface area (Å²) in [6.07, 6.45) is 2.69. The summed E-state index contributed by atoms with van der Waals surface area (Å²) in [5.74, 6) is -0.246. The van der Waals surface area contributed by atoms with Crippen LogP contribution in [0.3, 0.4) is 0 Å². The molecule has 1 heterocycles. The molecule has 2 N–H and O–H groups in total. The van der Waals surface area contributed by atoms with E-state index in [2.05, 4.69) is 15.6 Å². The van der Waals surface area contributed by atoms with Crippen LogP contribution in [0.5, 0.6) is 0 Å². The van der Waals surface area contributed by atoms with Crippen molar-refractivity contribution in [3.05, 3.63) is 78.0 Å². The van der Waals surface area contributed by atoms with Crippen LogP contribution in [0.25, 0.3) is 10.9 Å². The quantitative estimate of drug-likeness (QED) is 0.679. The van der Waals surface area contributed by atoms with Crippen LogP contribution in [0.4, 0.5) is 0 Å². The summed E-state index contributed by atoms with van der Waals surface area (Å²) in [7, 11) is 0. The zero-order chi connectivity index (χ0) is 19.1. The van der Waals surface area contributed by atoms with Crippen molar-refractivity contribution < 1.29 is 9.59 Å². The molecule has 2 aromatic carbocycles. The molecule has 0 radical (unpaired) electrons. The third-order valence-electron chi connectivity index (χ3n) is 4.40. The SMILES string of the molecule is CC(=O)NC(CC(=O)NCCc1cccc2cccnc12)c1ccccc1. The van der Waals surface area contributed by atoms with Crippen LogP contribution in [0.1, 0.15) is 30.5 Å². The second-order valence-electron chi connectivity index (χ2n) is 6.46. The van der Waals surface area contributed by atoms with Crippen LogP contribution < -0.4 is 10.6 Å². The molecule has 1 unspecified atom stereocenters. The predicted octanol–water partition coefficient (Wildman–Crippen LogP) is 3.16. The molecule has 0 aliphatic heterocycles. The van der Waals surface area contributed by atoms with E-state index in [-0.39, 0.29) is 24.3 Å². The van der Waals surface area contributed by atoms with Gasteiger partial charge >= 0.3 is 0 Å². The molecule has 0 aliphatic carbocycles. The molecule has 27 heavy (non-hydrogen) atoms. The smallest absolute Gasteiger partial charge is 0.222 e. The van der Waals surface area contributed by atoms with Crippen LogP contribution in [-0.2, 0) is 16.0 Å². The first-order valence-electron chi connectivity index (χ1n) is 9.05. The lowest BCUT2D eigenvalue weighted by molar-refractivity contribution is -0.122. The Kier molecular flexibility index (Phi) is 6.15. The van der Waals surface area contributed by atoms with Gasteiger partial charge < -0.3 is 10.6 Å². The summed E-state index contributed by atoms with van der Waals surface area (Å²) in [4.78, 5) is 28.3. The van der Waals surface area contributed by atoms with Crippen molar-refractivity contribution in [2.45, 2.75) is 25.8 Å². The van der Waals surface area contributed by atoms with Crippen LogP contribution in [0, 0.1) is 0 Å². The van der Waals surface area contributed by atoms with Crippen molar-refractivity contribution in [2.75, 3.05) is 6.54 Å². The van der Waals surface area contributed by atoms with Crippen LogP contribution in [0.15, 0.2) is 66.9 Å². The molecule has 0 fully saturated rings. The van der Waals surface area contributed by atoms with Gasteiger partial charge in [0.1, 0.15) is 0 Å². The fourth-order valence-electron chi connectivity index (χ4n) is 3.15. The molecule has 0 bridgehead atoms. The molecule has 5 heteroatoms. The van der Waals surface area contributed by atoms with E-state index in [0.717, 1.165) is 22.0 Å². The largest absolute Gasteiger partial charge is 0.356 e. The molecule has 0 spiro atoms. The molecule has 3 rings (SSSR count). The van der Waals surface area contributed by atoms with Gasteiger partial charge in [-0.3, -0.25) is 14.6 Å². The zero-order valence-electron chi connectivity index (χ0n) is 15.3. The third-order valence-corrected chi connectivity index (χ3v) is 4.40. The van der Waals surface area contributed by atoms with Crippen molar-refractivity contribution in [1.29, 1.82) is 0 Å². The summed E-state index contributed by atoms with van der Waals surface area (Å²) in [5.41, 5.74) is 2.99. The van der Waals surface area contributed by atoms with Gasteiger partial charge in [0.05, 0.1) is 18.0 Å². The van der Waals surface area contributed by atoms with Crippen molar-refractivity contribution in [1.82, 2.24) is 15.6 Å². The fourth-order valence-corrected chi connectivity index (χ4v) is 3.15. The van der Waals surface area contributed by atoms with Gasteiger partial charge in [-0.25, -0.2) is 0 Å². The number of rotatable bonds is 7. The van der Waals surface area contributed by atoms with Crippen LogP contribution in [-0.4, -0.2) is 23.3 Å². The number of amides is 2. The summed E-state index contributed by atoms with van der Waals surface area (Å²) < 4.78 is 0. The summed E-state index contributed by atoms with van der Waals surface area (Å²) >= 11 is 0. The number of carbonyl (C=O) groups excluding carboxylic acids is 2. The topological polar surface area (TPSA) is 71.1 Å². The summed E-state index contributed by atoms with van der Waals surface area (Å²) in [6.45, 7) is 1.98. The number of nitrogens with one attached hydrogen (secondary N) is 2. The van der Waals surface area contributed by atoms with E-state index < -0.39 is 0 Å². The number of para-hydroxylation sites is 1. The number of fused-ring (bicyclic) bond motifs is 1. The molecule has 138 valence electrons. The van der Waals surface area contributed by atoms with Crippen molar-refractivity contribution in [3.8, 4) is 0 Å². The second kappa shape index (κ2) is 8.94. The Labute approximate surface area is 158 Å². The fraction of sp³-hybridized carbons (Fsp3) is 0.227. The van der Waals surface area contributed by atoms with Crippen LogP contribution in [0.2, 0.25) is 0 Å². The van der Waals surface area contributed by atoms with Gasteiger partial charge in [0, 0.05) is 25.1 Å². The molecular weight excluding hydrogens is 338 g/mol. The molecule has 2 amide bonds. The highest BCUT2D eigenvalue weighted by Crippen LogP contribution is 2.17. The lowest BCUT2D eigenvalue weighted by Crippen LogP contribution is -2.33. The highest BCUT2D eigenvalue weighted by atomic mass is 16.2. The van der Waals surface area contributed by atoms with Gasteiger partial charge in [-0.15, -0.1) is 0 Å². The maximum atomic E-state index is 12.4. The number of hydrogen-bond acceptors (Lipinski definition) is 3. The minimum Gasteiger partial charge on any atom is -0.356 e. The Morgan fingerprint density at radius 2 is 1.78 bits per heavy atom. The number of hydrogen-bond donors (Lipinski definition) is 2. The minimum absolute atomic E-state index is 0.0919. The maximum Gasteiger partial charge on any atom is 0.222 e. The van der Waals surface area contributed by atoms with Gasteiger partial charge in [-0.2, -0.15) is 0 Å². The van der Waals surface area contributed by atoms with Gasteiger partial charge in [0.2, 0.25) is 11.8 Å². The standard InChI is InChI=1S/C22H23N3O2/c1-16(26)25-20(17-7-3-2-4-8-17)15-21(27)23-14-12-19-10-5-9-18-11-6-13-24-22(18)19/h2-11,13,20H,12,14-15H2,1H3,(H,23,27)(H,25,26). The van der Waals surface area contributed by atoms with Gasteiger partial charge in [-0.05, 0) is 23.6 Å². The van der Waals surface area contributed by atoms with Crippen molar-refractivity contribution in [2.24, 2.45) is 0 Å². The Morgan fingerprint density at radius 3 is 2.56 bits per heavy atom. The Balaban J connectivity index is 1.58. The van der Waals surface area contributed by atoms with Crippen molar-refractivity contribution >= 4 is 22.7 Å². The number of carbonyl (C=O) groups is 2. The number of aromatic nitrogens is 1. The lowest BCUT2D eigenvalue weighted by Gasteiger charge is -2.18. The van der Waals surface area contributed by atoms with Crippen LogP contribution >= 0.6 is 0 Å². The monoisotopic (exact) mass is 361 g/mol. The maximum absolute atomic E-state index is 12.4. The zero-order valence-corrected chi connectivity index (χ0v) is 15.3. The van der Waals surface area contributed by atoms with Gasteiger partial charge in [0.25, 0.3) is 0 Å². The molecule has 3 aromatic rings. The molecule has 0 saturated carbocycles. The highest BCUT2D eigenvalue weighted by molar-refractivity contribution is 5.82. The molecule has 1 atom stereocenters. The summed E-state index contributed by atoms with van der Waals surface area (Å²) in [5, 5.41) is 6.89. The van der Waals surface area contributed by atoms with E-state index in [1.54, 1.807) is 6.20 Å². The summed E-state index contributed by atoms with van der Waals surface area (Å²) in [6, 6.07) is 19.2. The molecule has 0 saturated heterocycles. The molecule has 5 nitrogen and oxygen atoms in total.